The molecule has 2 rings (SSSR count). The van der Waals surface area contributed by atoms with Crippen molar-refractivity contribution in [3.05, 3.63) is 39.9 Å². The van der Waals surface area contributed by atoms with E-state index >= 15 is 0 Å². The lowest BCUT2D eigenvalue weighted by Crippen LogP contribution is -2.29. The highest BCUT2D eigenvalue weighted by molar-refractivity contribution is 7.17. The molecule has 0 fully saturated rings. The van der Waals surface area contributed by atoms with Crippen LogP contribution < -0.4 is 10.7 Å². The number of Topliss-reactive ketones (excluding diaryl/α,β-unsaturated/α-hetero) is 1. The molecule has 1 aromatic heterocycles. The van der Waals surface area contributed by atoms with E-state index in [1.165, 1.54) is 6.07 Å². The fraction of sp³-hybridized carbons (Fsp3) is 0.263. The Balaban J connectivity index is 2.27. The van der Waals surface area contributed by atoms with Crippen LogP contribution in [-0.4, -0.2) is 46.0 Å². The molecule has 0 bridgehead atoms. The monoisotopic (exact) mass is 432 g/mol. The van der Waals surface area contributed by atoms with Gasteiger partial charge in [0, 0.05) is 6.92 Å². The summed E-state index contributed by atoms with van der Waals surface area (Å²) in [5.74, 6) is -3.25. The number of hydrazone groups is 1. The highest BCUT2D eigenvalue weighted by Gasteiger charge is 2.22. The number of carboxylic acids is 1. The van der Waals surface area contributed by atoms with Gasteiger partial charge in [-0.1, -0.05) is 23.5 Å². The van der Waals surface area contributed by atoms with Crippen molar-refractivity contribution in [1.82, 2.24) is 4.98 Å². The van der Waals surface area contributed by atoms with E-state index in [1.54, 1.807) is 32.9 Å². The number of anilines is 2. The molecule has 0 radical (unpaired) electrons. The van der Waals surface area contributed by atoms with E-state index in [1.807, 2.05) is 0 Å². The number of aromatic carboxylic acids is 1. The van der Waals surface area contributed by atoms with Crippen molar-refractivity contribution in [2.45, 2.75) is 27.7 Å². The number of ketones is 1. The second kappa shape index (κ2) is 9.74. The van der Waals surface area contributed by atoms with Crippen molar-refractivity contribution in [1.29, 1.82) is 0 Å². The van der Waals surface area contributed by atoms with E-state index in [0.29, 0.717) is 11.3 Å². The molecule has 0 unspecified atom stereocenters. The minimum Gasteiger partial charge on any atom is -0.478 e. The van der Waals surface area contributed by atoms with Crippen LogP contribution in [0.2, 0.25) is 0 Å². The molecular weight excluding hydrogens is 412 g/mol. The molecule has 0 aliphatic heterocycles. The number of amides is 1. The third kappa shape index (κ3) is 5.26. The Bertz CT molecular complexity index is 1040. The van der Waals surface area contributed by atoms with Crippen molar-refractivity contribution in [2.75, 3.05) is 17.3 Å². The molecule has 10 nitrogen and oxygen atoms in total. The molecule has 0 spiro atoms. The highest BCUT2D eigenvalue weighted by Crippen LogP contribution is 2.24. The summed E-state index contributed by atoms with van der Waals surface area (Å²) in [7, 11) is 0. The number of benzene rings is 1. The van der Waals surface area contributed by atoms with E-state index < -0.39 is 29.3 Å². The fourth-order valence-electron chi connectivity index (χ4n) is 2.39. The highest BCUT2D eigenvalue weighted by atomic mass is 32.1. The molecule has 30 heavy (non-hydrogen) atoms. The summed E-state index contributed by atoms with van der Waals surface area (Å²) in [5, 5.41) is 15.6. The summed E-state index contributed by atoms with van der Waals surface area (Å²) >= 11 is 0.906. The quantitative estimate of drug-likeness (QED) is 0.250. The summed E-state index contributed by atoms with van der Waals surface area (Å²) in [4.78, 5) is 52.0. The number of carbonyl (C=O) groups is 4. The van der Waals surface area contributed by atoms with Crippen LogP contribution >= 0.6 is 11.3 Å². The first-order valence-electron chi connectivity index (χ1n) is 8.79. The van der Waals surface area contributed by atoms with Crippen LogP contribution in [0.3, 0.4) is 0 Å². The number of hydrogen-bond acceptors (Lipinski definition) is 9. The normalized spacial score (nSPS) is 11.0. The molecule has 0 aliphatic carbocycles. The third-order valence-corrected chi connectivity index (χ3v) is 4.86. The number of esters is 1. The van der Waals surface area contributed by atoms with Gasteiger partial charge in [-0.15, -0.1) is 0 Å². The van der Waals surface area contributed by atoms with Gasteiger partial charge in [0.15, 0.2) is 16.6 Å². The standard InChI is InChI=1S/C19H20N4O6S/c1-5-29-18(28)15-10(3)20-19(30-15)21-16(25)14(11(4)24)23-22-13-9(2)7-6-8-12(13)17(26)27/h6-8,22H,5H2,1-4H3,(H,26,27)(H,20,21,25)/b23-14+. The van der Waals surface area contributed by atoms with Crippen LogP contribution in [0.1, 0.15) is 45.1 Å². The first-order chi connectivity index (χ1) is 14.1. The molecule has 0 saturated carbocycles. The zero-order chi connectivity index (χ0) is 22.4. The Labute approximate surface area is 176 Å². The van der Waals surface area contributed by atoms with Crippen LogP contribution in [0.4, 0.5) is 10.8 Å². The molecule has 2 aromatic rings. The second-order valence-corrected chi connectivity index (χ2v) is 7.04. The van der Waals surface area contributed by atoms with E-state index in [-0.39, 0.29) is 27.9 Å². The molecular formula is C19H20N4O6S. The van der Waals surface area contributed by atoms with Crippen molar-refractivity contribution in [3.8, 4) is 0 Å². The SMILES string of the molecule is CCOC(=O)c1sc(NC(=O)/C(=N/Nc2c(C)cccc2C(=O)O)C(C)=O)nc1C. The predicted octanol–water partition coefficient (Wildman–Crippen LogP) is 2.63. The van der Waals surface area contributed by atoms with E-state index in [0.717, 1.165) is 18.3 Å². The molecule has 0 aliphatic rings. The van der Waals surface area contributed by atoms with Gasteiger partial charge in [-0.25, -0.2) is 14.6 Å². The van der Waals surface area contributed by atoms with Gasteiger partial charge in [0.2, 0.25) is 0 Å². The third-order valence-electron chi connectivity index (χ3n) is 3.81. The Morgan fingerprint density at radius 1 is 1.23 bits per heavy atom. The van der Waals surface area contributed by atoms with Crippen LogP contribution in [0.25, 0.3) is 0 Å². The lowest BCUT2D eigenvalue weighted by molar-refractivity contribution is -0.114. The van der Waals surface area contributed by atoms with Gasteiger partial charge in [-0.2, -0.15) is 5.10 Å². The Hall–Kier alpha value is -3.60. The van der Waals surface area contributed by atoms with E-state index in [2.05, 4.69) is 20.8 Å². The van der Waals surface area contributed by atoms with Gasteiger partial charge in [0.05, 0.1) is 23.6 Å². The minimum absolute atomic E-state index is 0.0586. The number of aromatic nitrogens is 1. The number of para-hydroxylation sites is 1. The van der Waals surface area contributed by atoms with Gasteiger partial charge in [0.1, 0.15) is 4.88 Å². The Morgan fingerprint density at radius 3 is 2.53 bits per heavy atom. The lowest BCUT2D eigenvalue weighted by Gasteiger charge is -2.10. The topological polar surface area (TPSA) is 147 Å². The smallest absolute Gasteiger partial charge is 0.350 e. The Kier molecular flexibility index (Phi) is 7.37. The summed E-state index contributed by atoms with van der Waals surface area (Å²) in [6, 6.07) is 4.60. The first-order valence-corrected chi connectivity index (χ1v) is 9.60. The zero-order valence-electron chi connectivity index (χ0n) is 16.7. The number of carbonyl (C=O) groups excluding carboxylic acids is 3. The largest absolute Gasteiger partial charge is 0.478 e. The van der Waals surface area contributed by atoms with E-state index in [4.69, 9.17) is 4.74 Å². The Morgan fingerprint density at radius 2 is 1.93 bits per heavy atom. The molecule has 11 heteroatoms. The summed E-state index contributed by atoms with van der Waals surface area (Å²) < 4.78 is 4.92. The molecule has 1 amide bonds. The summed E-state index contributed by atoms with van der Waals surface area (Å²) in [6.45, 7) is 6.26. The predicted molar refractivity (Wildman–Crippen MR) is 111 cm³/mol. The lowest BCUT2D eigenvalue weighted by atomic mass is 10.1. The molecule has 1 heterocycles. The number of nitrogens with zero attached hydrogens (tertiary/aromatic N) is 2. The number of nitrogens with one attached hydrogen (secondary N) is 2. The van der Waals surface area contributed by atoms with Gasteiger partial charge in [0.25, 0.3) is 5.91 Å². The molecule has 0 atom stereocenters. The summed E-state index contributed by atoms with van der Waals surface area (Å²) in [5.41, 5.74) is 3.05. The van der Waals surface area contributed by atoms with Gasteiger partial charge in [-0.05, 0) is 32.4 Å². The van der Waals surface area contributed by atoms with Gasteiger partial charge in [-0.3, -0.25) is 20.3 Å². The zero-order valence-corrected chi connectivity index (χ0v) is 17.5. The van der Waals surface area contributed by atoms with Crippen molar-refractivity contribution < 1.29 is 29.0 Å². The van der Waals surface area contributed by atoms with Crippen molar-refractivity contribution in [3.63, 3.8) is 0 Å². The first kappa shape index (κ1) is 22.7. The van der Waals surface area contributed by atoms with E-state index in [9.17, 15) is 24.3 Å². The van der Waals surface area contributed by atoms with Crippen molar-refractivity contribution >= 4 is 51.5 Å². The number of carboxylic acid groups (broad SMARTS) is 1. The number of aryl methyl sites for hydroxylation is 2. The maximum atomic E-state index is 12.5. The van der Waals surface area contributed by atoms with Crippen LogP contribution in [0, 0.1) is 13.8 Å². The second-order valence-electron chi connectivity index (χ2n) is 6.04. The number of rotatable bonds is 8. The molecule has 3 N–H and O–H groups in total. The molecule has 0 saturated heterocycles. The van der Waals surface area contributed by atoms with Crippen LogP contribution in [0.5, 0.6) is 0 Å². The van der Waals surface area contributed by atoms with Crippen LogP contribution in [-0.2, 0) is 14.3 Å². The average Bonchev–Trinajstić information content (AvgIpc) is 3.02. The molecule has 158 valence electrons. The van der Waals surface area contributed by atoms with Crippen molar-refractivity contribution in [2.24, 2.45) is 5.10 Å². The minimum atomic E-state index is -1.19. The van der Waals surface area contributed by atoms with Gasteiger partial charge < -0.3 is 9.84 Å². The molecule has 1 aromatic carbocycles. The summed E-state index contributed by atoms with van der Waals surface area (Å²) in [6.07, 6.45) is 0. The number of ether oxygens (including phenoxy) is 1. The van der Waals surface area contributed by atoms with Gasteiger partial charge >= 0.3 is 11.9 Å². The number of thiazole rings is 1. The maximum Gasteiger partial charge on any atom is 0.350 e. The number of hydrogen-bond donors (Lipinski definition) is 3. The fourth-order valence-corrected chi connectivity index (χ4v) is 3.24. The van der Waals surface area contributed by atoms with Crippen LogP contribution in [0.15, 0.2) is 23.3 Å². The maximum absolute atomic E-state index is 12.5. The average molecular weight is 432 g/mol.